The summed E-state index contributed by atoms with van der Waals surface area (Å²) in [6, 6.07) is 7.06. The molecule has 0 fully saturated rings. The Morgan fingerprint density at radius 2 is 2.26 bits per heavy atom. The number of carbonyl (C=O) groups excluding carboxylic acids is 1. The van der Waals surface area contributed by atoms with E-state index in [1.165, 1.54) is 0 Å². The van der Waals surface area contributed by atoms with Crippen LogP contribution in [-0.2, 0) is 0 Å². The number of benzene rings is 1. The predicted octanol–water partition coefficient (Wildman–Crippen LogP) is 2.21. The van der Waals surface area contributed by atoms with Gasteiger partial charge in [-0.2, -0.15) is 0 Å². The zero-order valence-electron chi connectivity index (χ0n) is 10.7. The lowest BCUT2D eigenvalue weighted by Crippen LogP contribution is -2.31. The van der Waals surface area contributed by atoms with Crippen LogP contribution in [0.1, 0.15) is 17.3 Å². The minimum absolute atomic E-state index is 0.152. The number of halogens is 1. The summed E-state index contributed by atoms with van der Waals surface area (Å²) in [6.07, 6.45) is 1.65. The molecule has 0 aliphatic rings. The summed E-state index contributed by atoms with van der Waals surface area (Å²) in [4.78, 5) is 16.4. The zero-order valence-corrected chi connectivity index (χ0v) is 11.4. The van der Waals surface area contributed by atoms with E-state index < -0.39 is 0 Å². The van der Waals surface area contributed by atoms with Crippen molar-refractivity contribution in [2.24, 2.45) is 11.7 Å². The minimum atomic E-state index is -0.152. The molecule has 0 aliphatic carbocycles. The van der Waals surface area contributed by atoms with Gasteiger partial charge in [-0.25, -0.2) is 0 Å². The number of nitrogens with two attached hydrogens (primary N) is 1. The molecule has 100 valence electrons. The molecule has 1 aromatic carbocycles. The van der Waals surface area contributed by atoms with Crippen LogP contribution in [0.3, 0.4) is 0 Å². The number of nitrogens with zero attached hydrogens (tertiary/aromatic N) is 1. The van der Waals surface area contributed by atoms with Gasteiger partial charge in [-0.1, -0.05) is 18.5 Å². The van der Waals surface area contributed by atoms with Gasteiger partial charge in [0.1, 0.15) is 0 Å². The maximum absolute atomic E-state index is 12.2. The standard InChI is InChI=1S/C14H16ClN3O/c1-9(7-16)8-18-14(19)11-4-5-12(15)10-3-2-6-17-13(10)11/h2-6,9H,7-8,16H2,1H3,(H,18,19). The van der Waals surface area contributed by atoms with E-state index in [1.807, 2.05) is 13.0 Å². The van der Waals surface area contributed by atoms with Crippen LogP contribution in [0.5, 0.6) is 0 Å². The molecular formula is C14H16ClN3O. The van der Waals surface area contributed by atoms with Gasteiger partial charge in [0.2, 0.25) is 0 Å². The fourth-order valence-corrected chi connectivity index (χ4v) is 1.98. The molecule has 1 unspecified atom stereocenters. The molecule has 5 heteroatoms. The predicted molar refractivity (Wildman–Crippen MR) is 77.3 cm³/mol. The third-order valence-electron chi connectivity index (χ3n) is 2.97. The molecule has 0 aliphatic heterocycles. The first-order valence-corrected chi connectivity index (χ1v) is 6.52. The van der Waals surface area contributed by atoms with Crippen molar-refractivity contribution in [2.45, 2.75) is 6.92 Å². The topological polar surface area (TPSA) is 68.0 Å². The molecule has 2 rings (SSSR count). The number of nitrogens with one attached hydrogen (secondary N) is 1. The van der Waals surface area contributed by atoms with Gasteiger partial charge in [-0.05, 0) is 36.7 Å². The van der Waals surface area contributed by atoms with Crippen molar-refractivity contribution in [3.8, 4) is 0 Å². The number of hydrogen-bond donors (Lipinski definition) is 2. The van der Waals surface area contributed by atoms with Crippen LogP contribution in [-0.4, -0.2) is 24.0 Å². The highest BCUT2D eigenvalue weighted by atomic mass is 35.5. The number of fused-ring (bicyclic) bond motifs is 1. The van der Waals surface area contributed by atoms with E-state index in [-0.39, 0.29) is 11.8 Å². The quantitative estimate of drug-likeness (QED) is 0.900. The molecule has 0 radical (unpaired) electrons. The fourth-order valence-electron chi connectivity index (χ4n) is 1.77. The van der Waals surface area contributed by atoms with E-state index in [0.717, 1.165) is 5.39 Å². The van der Waals surface area contributed by atoms with E-state index in [1.54, 1.807) is 24.4 Å². The molecule has 1 heterocycles. The summed E-state index contributed by atoms with van der Waals surface area (Å²) in [5.41, 5.74) is 6.68. The summed E-state index contributed by atoms with van der Waals surface area (Å²) in [6.45, 7) is 3.07. The first-order valence-electron chi connectivity index (χ1n) is 6.15. The van der Waals surface area contributed by atoms with Gasteiger partial charge >= 0.3 is 0 Å². The van der Waals surface area contributed by atoms with E-state index in [0.29, 0.717) is 29.2 Å². The molecule has 19 heavy (non-hydrogen) atoms. The Balaban J connectivity index is 2.30. The van der Waals surface area contributed by atoms with Crippen molar-refractivity contribution in [3.05, 3.63) is 41.0 Å². The van der Waals surface area contributed by atoms with Gasteiger partial charge in [0.25, 0.3) is 5.91 Å². The number of hydrogen-bond acceptors (Lipinski definition) is 3. The van der Waals surface area contributed by atoms with E-state index in [2.05, 4.69) is 10.3 Å². The first kappa shape index (κ1) is 13.8. The lowest BCUT2D eigenvalue weighted by Gasteiger charge is -2.11. The van der Waals surface area contributed by atoms with Gasteiger partial charge < -0.3 is 11.1 Å². The molecule has 0 saturated carbocycles. The maximum atomic E-state index is 12.2. The van der Waals surface area contributed by atoms with Gasteiger partial charge in [-0.3, -0.25) is 9.78 Å². The summed E-state index contributed by atoms with van der Waals surface area (Å²) in [5, 5.41) is 4.23. The Morgan fingerprint density at radius 1 is 1.47 bits per heavy atom. The molecule has 1 aromatic heterocycles. The van der Waals surface area contributed by atoms with E-state index in [9.17, 15) is 4.79 Å². The number of pyridine rings is 1. The normalized spacial score (nSPS) is 12.4. The third kappa shape index (κ3) is 3.03. The molecule has 3 N–H and O–H groups in total. The van der Waals surface area contributed by atoms with Crippen molar-refractivity contribution in [1.29, 1.82) is 0 Å². The smallest absolute Gasteiger partial charge is 0.253 e. The highest BCUT2D eigenvalue weighted by Crippen LogP contribution is 2.24. The van der Waals surface area contributed by atoms with Crippen molar-refractivity contribution in [2.75, 3.05) is 13.1 Å². The van der Waals surface area contributed by atoms with Gasteiger partial charge in [0.15, 0.2) is 0 Å². The molecule has 0 bridgehead atoms. The second kappa shape index (κ2) is 5.99. The summed E-state index contributed by atoms with van der Waals surface area (Å²) in [7, 11) is 0. The van der Waals surface area contributed by atoms with Crippen LogP contribution in [0, 0.1) is 5.92 Å². The lowest BCUT2D eigenvalue weighted by molar-refractivity contribution is 0.0950. The Bertz CT molecular complexity index is 600. The molecule has 0 saturated heterocycles. The number of aromatic nitrogens is 1. The van der Waals surface area contributed by atoms with Crippen LogP contribution in [0.2, 0.25) is 5.02 Å². The van der Waals surface area contributed by atoms with Crippen molar-refractivity contribution < 1.29 is 4.79 Å². The fraction of sp³-hybridized carbons (Fsp3) is 0.286. The highest BCUT2D eigenvalue weighted by molar-refractivity contribution is 6.36. The molecule has 1 amide bonds. The van der Waals surface area contributed by atoms with E-state index >= 15 is 0 Å². The van der Waals surface area contributed by atoms with Crippen LogP contribution < -0.4 is 11.1 Å². The Morgan fingerprint density at radius 3 is 3.00 bits per heavy atom. The minimum Gasteiger partial charge on any atom is -0.352 e. The van der Waals surface area contributed by atoms with Crippen LogP contribution in [0.25, 0.3) is 10.9 Å². The second-order valence-electron chi connectivity index (χ2n) is 4.55. The van der Waals surface area contributed by atoms with Gasteiger partial charge in [0.05, 0.1) is 16.1 Å². The monoisotopic (exact) mass is 277 g/mol. The average Bonchev–Trinajstić information content (AvgIpc) is 2.45. The Kier molecular flexibility index (Phi) is 4.35. The first-order chi connectivity index (χ1) is 9.13. The van der Waals surface area contributed by atoms with E-state index in [4.69, 9.17) is 17.3 Å². The third-order valence-corrected chi connectivity index (χ3v) is 3.30. The molecular weight excluding hydrogens is 262 g/mol. The number of carbonyl (C=O) groups is 1. The number of rotatable bonds is 4. The Hall–Kier alpha value is -1.65. The zero-order chi connectivity index (χ0) is 13.8. The largest absolute Gasteiger partial charge is 0.352 e. The molecule has 1 atom stereocenters. The van der Waals surface area contributed by atoms with Crippen molar-refractivity contribution in [3.63, 3.8) is 0 Å². The van der Waals surface area contributed by atoms with Crippen LogP contribution in [0.15, 0.2) is 30.5 Å². The number of amides is 1. The summed E-state index contributed by atoms with van der Waals surface area (Å²) < 4.78 is 0. The lowest BCUT2D eigenvalue weighted by atomic mass is 10.1. The summed E-state index contributed by atoms with van der Waals surface area (Å²) >= 11 is 6.10. The highest BCUT2D eigenvalue weighted by Gasteiger charge is 2.13. The Labute approximate surface area is 117 Å². The summed E-state index contributed by atoms with van der Waals surface area (Å²) in [5.74, 6) is 0.0936. The average molecular weight is 278 g/mol. The van der Waals surface area contributed by atoms with Gasteiger partial charge in [0, 0.05) is 18.1 Å². The molecule has 4 nitrogen and oxygen atoms in total. The maximum Gasteiger partial charge on any atom is 0.253 e. The van der Waals surface area contributed by atoms with Gasteiger partial charge in [-0.15, -0.1) is 0 Å². The van der Waals surface area contributed by atoms with Crippen LogP contribution >= 0.6 is 11.6 Å². The van der Waals surface area contributed by atoms with Crippen molar-refractivity contribution in [1.82, 2.24) is 10.3 Å². The second-order valence-corrected chi connectivity index (χ2v) is 4.95. The van der Waals surface area contributed by atoms with Crippen molar-refractivity contribution >= 4 is 28.4 Å². The van der Waals surface area contributed by atoms with Crippen LogP contribution in [0.4, 0.5) is 0 Å². The molecule has 0 spiro atoms. The molecule has 2 aromatic rings. The SMILES string of the molecule is CC(CN)CNC(=O)c1ccc(Cl)c2cccnc12.